The topological polar surface area (TPSA) is 36.5 Å². The monoisotopic (exact) mass is 286 g/mol. The number of unbranched alkanes of at least 4 members (excludes halogenated alkanes) is 3. The van der Waals surface area contributed by atoms with E-state index in [1.165, 1.54) is 31.9 Å². The normalized spacial score (nSPS) is 10.3. The first-order chi connectivity index (χ1) is 7.36. The fourth-order valence-corrected chi connectivity index (χ4v) is 1.49. The van der Waals surface area contributed by atoms with Gasteiger partial charge in [0.15, 0.2) is 12.4 Å². The van der Waals surface area contributed by atoms with Gasteiger partial charge in [-0.2, -0.15) is 0 Å². The zero-order valence-electron chi connectivity index (χ0n) is 9.64. The number of aryl methyl sites for hydroxylation is 1. The molecule has 0 aliphatic carbocycles. The van der Waals surface area contributed by atoms with Crippen LogP contribution in [0.15, 0.2) is 29.7 Å². The molecule has 0 atom stereocenters. The minimum Gasteiger partial charge on any atom is -1.00 e. The molecule has 0 amide bonds. The third-order valence-corrected chi connectivity index (χ3v) is 2.39. The summed E-state index contributed by atoms with van der Waals surface area (Å²) in [7, 11) is 0. The Labute approximate surface area is 108 Å². The van der Waals surface area contributed by atoms with Crippen LogP contribution in [0.25, 0.3) is 0 Å². The highest BCUT2D eigenvalue weighted by molar-refractivity contribution is 5.78. The SMILES string of the molecule is CCCCCC[n+]1ccc(/C=N/O)cc1.[Br-]. The first kappa shape index (κ1) is 15.1. The van der Waals surface area contributed by atoms with Crippen molar-refractivity contribution in [2.45, 2.75) is 39.2 Å². The summed E-state index contributed by atoms with van der Waals surface area (Å²) in [5.41, 5.74) is 0.919. The van der Waals surface area contributed by atoms with E-state index in [2.05, 4.69) is 16.6 Å². The van der Waals surface area contributed by atoms with Crippen LogP contribution in [0.5, 0.6) is 0 Å². The maximum atomic E-state index is 8.35. The lowest BCUT2D eigenvalue weighted by molar-refractivity contribution is -0.697. The average molecular weight is 287 g/mol. The predicted molar refractivity (Wildman–Crippen MR) is 60.2 cm³/mol. The molecule has 4 heteroatoms. The van der Waals surface area contributed by atoms with Crippen LogP contribution >= 0.6 is 0 Å². The highest BCUT2D eigenvalue weighted by Gasteiger charge is 1.99. The van der Waals surface area contributed by atoms with Gasteiger partial charge in [-0.05, 0) is 6.42 Å². The van der Waals surface area contributed by atoms with Crippen LogP contribution in [0.4, 0.5) is 0 Å². The van der Waals surface area contributed by atoms with Crippen LogP contribution in [-0.2, 0) is 6.54 Å². The third kappa shape index (κ3) is 5.85. The molecule has 0 aliphatic heterocycles. The molecule has 0 spiro atoms. The Kier molecular flexibility index (Phi) is 8.81. The number of hydrogen-bond donors (Lipinski definition) is 1. The summed E-state index contributed by atoms with van der Waals surface area (Å²) in [5, 5.41) is 11.3. The Balaban J connectivity index is 0.00000225. The number of rotatable bonds is 6. The van der Waals surface area contributed by atoms with Gasteiger partial charge in [-0.25, -0.2) is 4.57 Å². The van der Waals surface area contributed by atoms with Crippen LogP contribution in [0.1, 0.15) is 38.2 Å². The maximum absolute atomic E-state index is 8.35. The Bertz CT molecular complexity index is 298. The second-order valence-electron chi connectivity index (χ2n) is 3.67. The first-order valence-electron chi connectivity index (χ1n) is 5.53. The number of pyridine rings is 1. The van der Waals surface area contributed by atoms with Crippen molar-refractivity contribution in [2.75, 3.05) is 0 Å². The van der Waals surface area contributed by atoms with Crippen molar-refractivity contribution in [2.24, 2.45) is 5.16 Å². The van der Waals surface area contributed by atoms with Crippen molar-refractivity contribution in [1.29, 1.82) is 0 Å². The van der Waals surface area contributed by atoms with E-state index in [-0.39, 0.29) is 17.0 Å². The fraction of sp³-hybridized carbons (Fsp3) is 0.500. The molecular weight excluding hydrogens is 268 g/mol. The number of hydrogen-bond acceptors (Lipinski definition) is 2. The molecule has 0 fully saturated rings. The molecule has 0 aromatic carbocycles. The van der Waals surface area contributed by atoms with Gasteiger partial charge >= 0.3 is 0 Å². The molecule has 1 rings (SSSR count). The molecule has 1 aromatic heterocycles. The second-order valence-corrected chi connectivity index (χ2v) is 3.67. The molecule has 1 N–H and O–H groups in total. The molecular formula is C12H19BrN2O. The summed E-state index contributed by atoms with van der Waals surface area (Å²) in [6.45, 7) is 3.28. The van der Waals surface area contributed by atoms with Gasteiger partial charge in [0, 0.05) is 24.1 Å². The molecule has 0 saturated heterocycles. The summed E-state index contributed by atoms with van der Waals surface area (Å²) in [6, 6.07) is 3.89. The van der Waals surface area contributed by atoms with Gasteiger partial charge in [-0.1, -0.05) is 24.9 Å². The number of oxime groups is 1. The van der Waals surface area contributed by atoms with Crippen LogP contribution < -0.4 is 21.5 Å². The van der Waals surface area contributed by atoms with Crippen molar-refractivity contribution in [3.05, 3.63) is 30.1 Å². The largest absolute Gasteiger partial charge is 1.00 e. The van der Waals surface area contributed by atoms with Gasteiger partial charge in [0.1, 0.15) is 6.54 Å². The molecule has 0 aliphatic rings. The Morgan fingerprint density at radius 1 is 1.25 bits per heavy atom. The van der Waals surface area contributed by atoms with E-state index in [9.17, 15) is 0 Å². The summed E-state index contributed by atoms with van der Waals surface area (Å²) in [6.07, 6.45) is 10.6. The van der Waals surface area contributed by atoms with Crippen LogP contribution in [0, 0.1) is 0 Å². The van der Waals surface area contributed by atoms with E-state index in [0.29, 0.717) is 0 Å². The van der Waals surface area contributed by atoms with Gasteiger partial charge in [-0.15, -0.1) is 0 Å². The lowest BCUT2D eigenvalue weighted by atomic mass is 10.2. The lowest BCUT2D eigenvalue weighted by Gasteiger charge is -1.97. The highest BCUT2D eigenvalue weighted by atomic mass is 79.9. The smallest absolute Gasteiger partial charge is 0.169 e. The van der Waals surface area contributed by atoms with Crippen molar-refractivity contribution in [3.63, 3.8) is 0 Å². The molecule has 3 nitrogen and oxygen atoms in total. The lowest BCUT2D eigenvalue weighted by Crippen LogP contribution is -3.00. The van der Waals surface area contributed by atoms with Gasteiger partial charge < -0.3 is 22.2 Å². The third-order valence-electron chi connectivity index (χ3n) is 2.39. The molecule has 90 valence electrons. The van der Waals surface area contributed by atoms with E-state index in [1.807, 2.05) is 24.5 Å². The van der Waals surface area contributed by atoms with E-state index in [0.717, 1.165) is 12.1 Å². The molecule has 0 radical (unpaired) electrons. The predicted octanol–water partition coefficient (Wildman–Crippen LogP) is -0.633. The zero-order valence-corrected chi connectivity index (χ0v) is 11.2. The maximum Gasteiger partial charge on any atom is 0.169 e. The molecule has 1 heterocycles. The van der Waals surface area contributed by atoms with Crippen LogP contribution in [0.3, 0.4) is 0 Å². The summed E-state index contributed by atoms with van der Waals surface area (Å²) in [4.78, 5) is 0. The molecule has 0 saturated carbocycles. The van der Waals surface area contributed by atoms with Gasteiger partial charge in [-0.3, -0.25) is 0 Å². The van der Waals surface area contributed by atoms with Crippen molar-refractivity contribution >= 4 is 6.21 Å². The summed E-state index contributed by atoms with van der Waals surface area (Å²) >= 11 is 0. The van der Waals surface area contributed by atoms with E-state index >= 15 is 0 Å². The molecule has 0 bridgehead atoms. The van der Waals surface area contributed by atoms with Crippen LogP contribution in [0.2, 0.25) is 0 Å². The standard InChI is InChI=1S/C12H18N2O.BrH/c1-2-3-4-5-8-14-9-6-12(7-10-14)11-13-15;/h6-7,9-11H,2-5,8H2,1H3;1H. The Morgan fingerprint density at radius 2 is 1.94 bits per heavy atom. The fourth-order valence-electron chi connectivity index (χ4n) is 1.49. The van der Waals surface area contributed by atoms with E-state index in [1.54, 1.807) is 0 Å². The van der Waals surface area contributed by atoms with Crippen molar-refractivity contribution < 1.29 is 26.8 Å². The number of halogens is 1. The quantitative estimate of drug-likeness (QED) is 0.244. The molecule has 0 unspecified atom stereocenters. The molecule has 1 aromatic rings. The van der Waals surface area contributed by atoms with Gasteiger partial charge in [0.05, 0.1) is 6.21 Å². The Hall–Kier alpha value is -0.900. The minimum absolute atomic E-state index is 0. The Morgan fingerprint density at radius 3 is 2.50 bits per heavy atom. The second kappa shape index (κ2) is 9.33. The van der Waals surface area contributed by atoms with Crippen molar-refractivity contribution in [3.8, 4) is 0 Å². The summed E-state index contributed by atoms with van der Waals surface area (Å²) in [5.74, 6) is 0. The van der Waals surface area contributed by atoms with Gasteiger partial charge in [0.2, 0.25) is 0 Å². The van der Waals surface area contributed by atoms with Gasteiger partial charge in [0.25, 0.3) is 0 Å². The van der Waals surface area contributed by atoms with E-state index in [4.69, 9.17) is 5.21 Å². The first-order valence-corrected chi connectivity index (χ1v) is 5.53. The van der Waals surface area contributed by atoms with Crippen molar-refractivity contribution in [1.82, 2.24) is 0 Å². The minimum atomic E-state index is 0. The zero-order chi connectivity index (χ0) is 10.9. The van der Waals surface area contributed by atoms with Crippen LogP contribution in [-0.4, -0.2) is 11.4 Å². The summed E-state index contributed by atoms with van der Waals surface area (Å²) < 4.78 is 2.16. The highest BCUT2D eigenvalue weighted by Crippen LogP contribution is 1.98. The number of aromatic nitrogens is 1. The number of nitrogens with zero attached hydrogens (tertiary/aromatic N) is 2. The average Bonchev–Trinajstić information content (AvgIpc) is 2.27. The van der Waals surface area contributed by atoms with E-state index < -0.39 is 0 Å². The molecule has 16 heavy (non-hydrogen) atoms.